The van der Waals surface area contributed by atoms with Crippen LogP contribution in [0.3, 0.4) is 0 Å². The SMILES string of the molecule is C=CCC1Cc2ccccc2N(Cc2ccc(OC)cc2)S1(=O)=O. The molecule has 1 aliphatic rings. The van der Waals surface area contributed by atoms with Gasteiger partial charge in [-0.3, -0.25) is 4.31 Å². The number of para-hydroxylation sites is 1. The molecule has 5 heteroatoms. The van der Waals surface area contributed by atoms with Crippen molar-refractivity contribution in [3.05, 3.63) is 72.3 Å². The van der Waals surface area contributed by atoms with Crippen molar-refractivity contribution in [1.29, 1.82) is 0 Å². The van der Waals surface area contributed by atoms with Crippen LogP contribution in [-0.2, 0) is 23.0 Å². The third kappa shape index (κ3) is 3.04. The molecular formula is C19H21NO3S. The fraction of sp³-hybridized carbons (Fsp3) is 0.263. The van der Waals surface area contributed by atoms with E-state index >= 15 is 0 Å². The molecule has 0 aromatic heterocycles. The molecular weight excluding hydrogens is 322 g/mol. The molecule has 0 spiro atoms. The molecule has 1 unspecified atom stereocenters. The Bertz CT molecular complexity index is 828. The van der Waals surface area contributed by atoms with Gasteiger partial charge in [0.1, 0.15) is 5.75 Å². The lowest BCUT2D eigenvalue weighted by molar-refractivity contribution is 0.414. The Kier molecular flexibility index (Phi) is 4.62. The van der Waals surface area contributed by atoms with Crippen molar-refractivity contribution in [2.24, 2.45) is 0 Å². The number of hydrogen-bond donors (Lipinski definition) is 0. The Balaban J connectivity index is 2.00. The summed E-state index contributed by atoms with van der Waals surface area (Å²) in [5, 5.41) is -0.455. The fourth-order valence-corrected chi connectivity index (χ4v) is 4.97. The summed E-state index contributed by atoms with van der Waals surface area (Å²) in [6.07, 6.45) is 2.67. The van der Waals surface area contributed by atoms with Gasteiger partial charge in [0.15, 0.2) is 0 Å². The lowest BCUT2D eigenvalue weighted by Crippen LogP contribution is -2.43. The Morgan fingerprint density at radius 3 is 2.58 bits per heavy atom. The van der Waals surface area contributed by atoms with E-state index in [1.54, 1.807) is 13.2 Å². The molecule has 1 heterocycles. The maximum absolute atomic E-state index is 13.0. The lowest BCUT2D eigenvalue weighted by Gasteiger charge is -2.35. The van der Waals surface area contributed by atoms with Gasteiger partial charge in [0.25, 0.3) is 0 Å². The highest BCUT2D eigenvalue weighted by Gasteiger charge is 2.37. The number of benzene rings is 2. The van der Waals surface area contributed by atoms with Crippen LogP contribution in [0.5, 0.6) is 5.75 Å². The quantitative estimate of drug-likeness (QED) is 0.780. The fourth-order valence-electron chi connectivity index (χ4n) is 3.06. The summed E-state index contributed by atoms with van der Waals surface area (Å²) in [6, 6.07) is 15.2. The van der Waals surface area contributed by atoms with Crippen LogP contribution in [0.2, 0.25) is 0 Å². The van der Waals surface area contributed by atoms with Crippen LogP contribution in [0.25, 0.3) is 0 Å². The van der Waals surface area contributed by atoms with Gasteiger partial charge in [0.05, 0.1) is 24.6 Å². The van der Waals surface area contributed by atoms with Gasteiger partial charge in [-0.1, -0.05) is 36.4 Å². The number of rotatable bonds is 5. The lowest BCUT2D eigenvalue weighted by atomic mass is 10.0. The van der Waals surface area contributed by atoms with Crippen LogP contribution in [0, 0.1) is 0 Å². The Hall–Kier alpha value is -2.27. The highest BCUT2D eigenvalue weighted by Crippen LogP contribution is 2.35. The number of fused-ring (bicyclic) bond motifs is 1. The van der Waals surface area contributed by atoms with E-state index in [1.807, 2.05) is 48.5 Å². The van der Waals surface area contributed by atoms with Gasteiger partial charge in [-0.2, -0.15) is 0 Å². The van der Waals surface area contributed by atoms with Crippen LogP contribution in [0.1, 0.15) is 17.5 Å². The third-order valence-corrected chi connectivity index (χ3v) is 6.49. The average molecular weight is 343 g/mol. The van der Waals surface area contributed by atoms with Gasteiger partial charge < -0.3 is 4.74 Å². The van der Waals surface area contributed by atoms with E-state index in [1.165, 1.54) is 4.31 Å². The predicted octanol–water partition coefficient (Wildman–Crippen LogP) is 3.53. The van der Waals surface area contributed by atoms with Gasteiger partial charge >= 0.3 is 0 Å². The third-order valence-electron chi connectivity index (χ3n) is 4.35. The Morgan fingerprint density at radius 1 is 1.21 bits per heavy atom. The van der Waals surface area contributed by atoms with Crippen molar-refractivity contribution in [2.75, 3.05) is 11.4 Å². The number of nitrogens with zero attached hydrogens (tertiary/aromatic N) is 1. The van der Waals surface area contributed by atoms with Gasteiger partial charge in [-0.25, -0.2) is 8.42 Å². The van der Waals surface area contributed by atoms with Crippen LogP contribution in [0.15, 0.2) is 61.2 Å². The smallest absolute Gasteiger partial charge is 0.238 e. The first-order valence-electron chi connectivity index (χ1n) is 7.89. The van der Waals surface area contributed by atoms with Crippen molar-refractivity contribution < 1.29 is 13.2 Å². The maximum atomic E-state index is 13.0. The summed E-state index contributed by atoms with van der Waals surface area (Å²) < 4.78 is 32.8. The summed E-state index contributed by atoms with van der Waals surface area (Å²) in [4.78, 5) is 0. The van der Waals surface area contributed by atoms with E-state index < -0.39 is 15.3 Å². The molecule has 0 saturated carbocycles. The van der Waals surface area contributed by atoms with Gasteiger partial charge in [0, 0.05) is 0 Å². The predicted molar refractivity (Wildman–Crippen MR) is 96.8 cm³/mol. The van der Waals surface area contributed by atoms with Crippen molar-refractivity contribution >= 4 is 15.7 Å². The molecule has 126 valence electrons. The first-order valence-corrected chi connectivity index (χ1v) is 9.40. The summed E-state index contributed by atoms with van der Waals surface area (Å²) in [5.41, 5.74) is 2.76. The van der Waals surface area contributed by atoms with Crippen LogP contribution in [0.4, 0.5) is 5.69 Å². The first-order chi connectivity index (χ1) is 11.6. The van der Waals surface area contributed by atoms with Crippen molar-refractivity contribution in [2.45, 2.75) is 24.6 Å². The molecule has 0 radical (unpaired) electrons. The number of allylic oxidation sites excluding steroid dienone is 1. The van der Waals surface area contributed by atoms with Gasteiger partial charge in [-0.05, 0) is 42.2 Å². The molecule has 2 aromatic rings. The number of methoxy groups -OCH3 is 1. The molecule has 2 aromatic carbocycles. The minimum atomic E-state index is -3.42. The summed E-state index contributed by atoms with van der Waals surface area (Å²) in [6.45, 7) is 4.02. The molecule has 24 heavy (non-hydrogen) atoms. The van der Waals surface area contributed by atoms with Crippen molar-refractivity contribution in [1.82, 2.24) is 0 Å². The Morgan fingerprint density at radius 2 is 1.92 bits per heavy atom. The molecule has 0 bridgehead atoms. The molecule has 0 saturated heterocycles. The van der Waals surface area contributed by atoms with Crippen molar-refractivity contribution in [3.63, 3.8) is 0 Å². The number of sulfonamides is 1. The molecule has 0 N–H and O–H groups in total. The topological polar surface area (TPSA) is 46.6 Å². The van der Waals surface area contributed by atoms with E-state index in [0.29, 0.717) is 19.4 Å². The Labute approximate surface area is 143 Å². The van der Waals surface area contributed by atoms with E-state index in [2.05, 4.69) is 6.58 Å². The second kappa shape index (κ2) is 6.69. The summed E-state index contributed by atoms with van der Waals surface area (Å²) >= 11 is 0. The molecule has 0 fully saturated rings. The minimum Gasteiger partial charge on any atom is -0.497 e. The largest absolute Gasteiger partial charge is 0.497 e. The standard InChI is InChI=1S/C19H21NO3S/c1-3-6-18-13-16-7-4-5-8-19(16)20(24(18,21)22)14-15-9-11-17(23-2)12-10-15/h3-5,7-12,18H,1,6,13-14H2,2H3. The van der Waals surface area contributed by atoms with Crippen LogP contribution >= 0.6 is 0 Å². The van der Waals surface area contributed by atoms with E-state index in [9.17, 15) is 8.42 Å². The number of hydrogen-bond acceptors (Lipinski definition) is 3. The van der Waals surface area contributed by atoms with E-state index in [0.717, 1.165) is 22.6 Å². The van der Waals surface area contributed by atoms with E-state index in [4.69, 9.17) is 4.74 Å². The van der Waals surface area contributed by atoms with Gasteiger partial charge in [-0.15, -0.1) is 6.58 Å². The maximum Gasteiger partial charge on any atom is 0.238 e. The molecule has 1 aliphatic heterocycles. The zero-order valence-corrected chi connectivity index (χ0v) is 14.5. The number of anilines is 1. The average Bonchev–Trinajstić information content (AvgIpc) is 2.59. The normalized spacial score (nSPS) is 18.7. The van der Waals surface area contributed by atoms with E-state index in [-0.39, 0.29) is 0 Å². The molecule has 4 nitrogen and oxygen atoms in total. The molecule has 0 aliphatic carbocycles. The highest BCUT2D eigenvalue weighted by atomic mass is 32.2. The second-order valence-electron chi connectivity index (χ2n) is 5.88. The molecule has 3 rings (SSSR count). The summed E-state index contributed by atoms with van der Waals surface area (Å²) in [7, 11) is -1.81. The first kappa shape index (κ1) is 16.6. The number of ether oxygens (including phenoxy) is 1. The van der Waals surface area contributed by atoms with Crippen LogP contribution in [-0.4, -0.2) is 20.8 Å². The zero-order valence-electron chi connectivity index (χ0n) is 13.7. The highest BCUT2D eigenvalue weighted by molar-refractivity contribution is 7.93. The second-order valence-corrected chi connectivity index (χ2v) is 8.02. The molecule has 1 atom stereocenters. The molecule has 0 amide bonds. The zero-order chi connectivity index (χ0) is 17.2. The summed E-state index contributed by atoms with van der Waals surface area (Å²) in [5.74, 6) is 0.755. The van der Waals surface area contributed by atoms with Gasteiger partial charge in [0.2, 0.25) is 10.0 Å². The monoisotopic (exact) mass is 343 g/mol. The van der Waals surface area contributed by atoms with Crippen molar-refractivity contribution in [3.8, 4) is 5.75 Å². The minimum absolute atomic E-state index is 0.316. The van der Waals surface area contributed by atoms with Crippen LogP contribution < -0.4 is 9.04 Å².